The highest BCUT2D eigenvalue weighted by molar-refractivity contribution is 6.30. The van der Waals surface area contributed by atoms with E-state index in [1.807, 2.05) is 0 Å². The van der Waals surface area contributed by atoms with Gasteiger partial charge in [-0.1, -0.05) is 32.4 Å². The Kier molecular flexibility index (Phi) is 4.95. The second-order valence-electron chi connectivity index (χ2n) is 5.44. The molecule has 0 saturated heterocycles. The van der Waals surface area contributed by atoms with Crippen LogP contribution in [-0.4, -0.2) is 17.9 Å². The summed E-state index contributed by atoms with van der Waals surface area (Å²) >= 11 is 5.76. The molecule has 0 radical (unpaired) electrons. The number of carbonyl (C=O) groups is 2. The molecule has 104 valence electrons. The van der Waals surface area contributed by atoms with Crippen LogP contribution in [0.3, 0.4) is 0 Å². The quantitative estimate of drug-likeness (QED) is 0.896. The molecule has 0 bridgehead atoms. The van der Waals surface area contributed by atoms with E-state index in [1.165, 1.54) is 0 Å². The lowest BCUT2D eigenvalue weighted by Crippen LogP contribution is -2.46. The van der Waals surface area contributed by atoms with E-state index < -0.39 is 11.5 Å². The molecular formula is C14H19ClN2O2. The first-order valence-corrected chi connectivity index (χ1v) is 6.45. The third kappa shape index (κ3) is 4.91. The minimum atomic E-state index is -0.595. The molecule has 0 unspecified atom stereocenters. The Labute approximate surface area is 118 Å². The van der Waals surface area contributed by atoms with Crippen molar-refractivity contribution in [1.82, 2.24) is 5.32 Å². The second-order valence-corrected chi connectivity index (χ2v) is 5.88. The van der Waals surface area contributed by atoms with E-state index in [0.29, 0.717) is 10.7 Å². The van der Waals surface area contributed by atoms with Gasteiger partial charge >= 0.3 is 0 Å². The summed E-state index contributed by atoms with van der Waals surface area (Å²) in [6, 6.07) is 6.20. The van der Waals surface area contributed by atoms with Crippen LogP contribution in [0, 0.1) is 5.41 Å². The number of rotatable bonds is 3. The van der Waals surface area contributed by atoms with Crippen LogP contribution < -0.4 is 10.6 Å². The van der Waals surface area contributed by atoms with Crippen molar-refractivity contribution in [1.29, 1.82) is 0 Å². The van der Waals surface area contributed by atoms with Crippen molar-refractivity contribution in [3.63, 3.8) is 0 Å². The summed E-state index contributed by atoms with van der Waals surface area (Å²) in [5.74, 6) is -0.425. The number of carbonyl (C=O) groups excluding carboxylic acids is 2. The highest BCUT2D eigenvalue weighted by Crippen LogP contribution is 2.15. The Morgan fingerprint density at radius 1 is 1.16 bits per heavy atom. The molecule has 4 nitrogen and oxygen atoms in total. The van der Waals surface area contributed by atoms with Gasteiger partial charge in [0.2, 0.25) is 11.8 Å². The number of hydrogen-bond donors (Lipinski definition) is 2. The van der Waals surface area contributed by atoms with Crippen LogP contribution in [0.2, 0.25) is 5.02 Å². The third-order valence-electron chi connectivity index (χ3n) is 2.53. The summed E-state index contributed by atoms with van der Waals surface area (Å²) in [4.78, 5) is 23.7. The lowest BCUT2D eigenvalue weighted by atomic mass is 9.95. The molecule has 0 aliphatic heterocycles. The fourth-order valence-corrected chi connectivity index (χ4v) is 1.39. The SMILES string of the molecule is C[C@H](NC(=O)C(C)(C)C)C(=O)Nc1ccc(Cl)cc1. The van der Waals surface area contributed by atoms with Crippen molar-refractivity contribution in [2.45, 2.75) is 33.7 Å². The van der Waals surface area contributed by atoms with Gasteiger partial charge in [0.05, 0.1) is 0 Å². The average molecular weight is 283 g/mol. The summed E-state index contributed by atoms with van der Waals surface area (Å²) in [5, 5.41) is 5.99. The molecule has 0 fully saturated rings. The normalized spacial score (nSPS) is 12.7. The van der Waals surface area contributed by atoms with E-state index in [1.54, 1.807) is 52.0 Å². The van der Waals surface area contributed by atoms with Gasteiger partial charge in [-0.05, 0) is 31.2 Å². The Morgan fingerprint density at radius 2 is 1.68 bits per heavy atom. The van der Waals surface area contributed by atoms with Crippen LogP contribution in [0.15, 0.2) is 24.3 Å². The van der Waals surface area contributed by atoms with Crippen LogP contribution in [0.1, 0.15) is 27.7 Å². The molecule has 0 heterocycles. The zero-order valence-corrected chi connectivity index (χ0v) is 12.3. The van der Waals surface area contributed by atoms with E-state index in [2.05, 4.69) is 10.6 Å². The van der Waals surface area contributed by atoms with E-state index >= 15 is 0 Å². The predicted octanol–water partition coefficient (Wildman–Crippen LogP) is 2.83. The van der Waals surface area contributed by atoms with Crippen molar-refractivity contribution in [3.05, 3.63) is 29.3 Å². The van der Waals surface area contributed by atoms with Crippen molar-refractivity contribution >= 4 is 29.1 Å². The van der Waals surface area contributed by atoms with Gasteiger partial charge in [0.1, 0.15) is 6.04 Å². The summed E-state index contributed by atoms with van der Waals surface area (Å²) in [6.07, 6.45) is 0. The standard InChI is InChI=1S/C14H19ClN2O2/c1-9(16-13(19)14(2,3)4)12(18)17-11-7-5-10(15)6-8-11/h5-9H,1-4H3,(H,16,19)(H,17,18)/t9-/m0/s1. The van der Waals surface area contributed by atoms with Gasteiger partial charge in [0, 0.05) is 16.1 Å². The molecule has 1 aromatic rings. The van der Waals surface area contributed by atoms with Crippen LogP contribution in [0.5, 0.6) is 0 Å². The molecule has 19 heavy (non-hydrogen) atoms. The Balaban J connectivity index is 2.58. The second kappa shape index (κ2) is 6.06. The molecule has 0 spiro atoms. The van der Waals surface area contributed by atoms with Gasteiger partial charge in [0.25, 0.3) is 0 Å². The van der Waals surface area contributed by atoms with Crippen molar-refractivity contribution in [2.24, 2.45) is 5.41 Å². The number of amides is 2. The molecule has 0 aromatic heterocycles. The largest absolute Gasteiger partial charge is 0.344 e. The molecule has 0 aliphatic carbocycles. The maximum absolute atomic E-state index is 11.9. The minimum Gasteiger partial charge on any atom is -0.344 e. The zero-order chi connectivity index (χ0) is 14.6. The summed E-state index contributed by atoms with van der Waals surface area (Å²) < 4.78 is 0. The lowest BCUT2D eigenvalue weighted by Gasteiger charge is -2.21. The average Bonchev–Trinajstić information content (AvgIpc) is 2.30. The van der Waals surface area contributed by atoms with Gasteiger partial charge in [0.15, 0.2) is 0 Å². The topological polar surface area (TPSA) is 58.2 Å². The monoisotopic (exact) mass is 282 g/mol. The number of benzene rings is 1. The van der Waals surface area contributed by atoms with Crippen LogP contribution in [-0.2, 0) is 9.59 Å². The van der Waals surface area contributed by atoms with Crippen LogP contribution >= 0.6 is 11.6 Å². The minimum absolute atomic E-state index is 0.161. The Morgan fingerprint density at radius 3 is 2.16 bits per heavy atom. The zero-order valence-electron chi connectivity index (χ0n) is 11.6. The smallest absolute Gasteiger partial charge is 0.246 e. The molecule has 1 atom stereocenters. The molecule has 1 aromatic carbocycles. The van der Waals surface area contributed by atoms with Gasteiger partial charge in [-0.2, -0.15) is 0 Å². The predicted molar refractivity (Wildman–Crippen MR) is 77.1 cm³/mol. The molecule has 0 saturated carbocycles. The molecule has 0 aliphatic rings. The first-order valence-electron chi connectivity index (χ1n) is 6.07. The Bertz CT molecular complexity index is 463. The maximum atomic E-state index is 11.9. The van der Waals surface area contributed by atoms with Gasteiger partial charge < -0.3 is 10.6 Å². The van der Waals surface area contributed by atoms with Gasteiger partial charge in [-0.25, -0.2) is 0 Å². The summed E-state index contributed by atoms with van der Waals surface area (Å²) in [7, 11) is 0. The molecule has 5 heteroatoms. The van der Waals surface area contributed by atoms with Gasteiger partial charge in [-0.3, -0.25) is 9.59 Å². The summed E-state index contributed by atoms with van der Waals surface area (Å²) in [6.45, 7) is 7.04. The fourth-order valence-electron chi connectivity index (χ4n) is 1.26. The van der Waals surface area contributed by atoms with E-state index in [9.17, 15) is 9.59 Å². The van der Waals surface area contributed by atoms with E-state index in [-0.39, 0.29) is 11.8 Å². The van der Waals surface area contributed by atoms with Crippen LogP contribution in [0.25, 0.3) is 0 Å². The number of halogens is 1. The molecule has 1 rings (SSSR count). The van der Waals surface area contributed by atoms with Crippen molar-refractivity contribution < 1.29 is 9.59 Å². The highest BCUT2D eigenvalue weighted by Gasteiger charge is 2.24. The number of hydrogen-bond acceptors (Lipinski definition) is 2. The van der Waals surface area contributed by atoms with Crippen molar-refractivity contribution in [3.8, 4) is 0 Å². The van der Waals surface area contributed by atoms with Crippen molar-refractivity contribution in [2.75, 3.05) is 5.32 Å². The maximum Gasteiger partial charge on any atom is 0.246 e. The Hall–Kier alpha value is -1.55. The van der Waals surface area contributed by atoms with E-state index in [4.69, 9.17) is 11.6 Å². The first-order chi connectivity index (χ1) is 8.70. The summed E-state index contributed by atoms with van der Waals surface area (Å²) in [5.41, 5.74) is 0.126. The van der Waals surface area contributed by atoms with Crippen LogP contribution in [0.4, 0.5) is 5.69 Å². The van der Waals surface area contributed by atoms with Gasteiger partial charge in [-0.15, -0.1) is 0 Å². The number of nitrogens with one attached hydrogen (secondary N) is 2. The third-order valence-corrected chi connectivity index (χ3v) is 2.79. The van der Waals surface area contributed by atoms with E-state index in [0.717, 1.165) is 0 Å². The first kappa shape index (κ1) is 15.5. The molecular weight excluding hydrogens is 264 g/mol. The highest BCUT2D eigenvalue weighted by atomic mass is 35.5. The molecule has 2 amide bonds. The molecule has 2 N–H and O–H groups in total. The fraction of sp³-hybridized carbons (Fsp3) is 0.429. The lowest BCUT2D eigenvalue weighted by molar-refractivity contribution is -0.131. The number of anilines is 1.